The highest BCUT2D eigenvalue weighted by atomic mass is 32.2. The molecule has 0 aliphatic carbocycles. The van der Waals surface area contributed by atoms with E-state index in [0.717, 1.165) is 18.0 Å². The Balaban J connectivity index is 1.48. The predicted octanol–water partition coefficient (Wildman–Crippen LogP) is 4.14. The topological polar surface area (TPSA) is 49.6 Å². The summed E-state index contributed by atoms with van der Waals surface area (Å²) in [7, 11) is 1.97. The van der Waals surface area contributed by atoms with Crippen LogP contribution in [0.1, 0.15) is 43.5 Å². The molecule has 2 atom stereocenters. The van der Waals surface area contributed by atoms with Gasteiger partial charge in [0.25, 0.3) is 5.91 Å². The molecular weight excluding hydrogens is 368 g/mol. The number of hydrogen-bond acceptors (Lipinski definition) is 4. The van der Waals surface area contributed by atoms with Gasteiger partial charge in [0.15, 0.2) is 5.50 Å². The van der Waals surface area contributed by atoms with Gasteiger partial charge in [0.1, 0.15) is 5.84 Å². The number of aryl methyl sites for hydroxylation is 1. The molecule has 1 fully saturated rings. The molecule has 0 spiro atoms. The summed E-state index contributed by atoms with van der Waals surface area (Å²) in [4.78, 5) is 18.3. The van der Waals surface area contributed by atoms with Crippen LogP contribution >= 0.6 is 11.8 Å². The van der Waals surface area contributed by atoms with Crippen molar-refractivity contribution in [3.05, 3.63) is 64.3 Å². The minimum Gasteiger partial charge on any atom is -0.351 e. The highest BCUT2D eigenvalue weighted by molar-refractivity contribution is 8.05. The summed E-state index contributed by atoms with van der Waals surface area (Å²) in [6, 6.07) is 12.7. The van der Waals surface area contributed by atoms with Crippen molar-refractivity contribution in [3.63, 3.8) is 0 Å². The Labute approximate surface area is 170 Å². The zero-order chi connectivity index (χ0) is 19.8. The average Bonchev–Trinajstić information content (AvgIpc) is 3.33. The number of hydrazine groups is 1. The van der Waals surface area contributed by atoms with Crippen LogP contribution in [0.4, 0.5) is 0 Å². The summed E-state index contributed by atoms with van der Waals surface area (Å²) >= 11 is 1.50. The lowest BCUT2D eigenvalue weighted by molar-refractivity contribution is -0.127. The Morgan fingerprint density at radius 3 is 2.57 bits per heavy atom. The Morgan fingerprint density at radius 1 is 1.21 bits per heavy atom. The van der Waals surface area contributed by atoms with Gasteiger partial charge in [0.05, 0.1) is 4.91 Å². The minimum absolute atomic E-state index is 0.0190. The number of nitrogens with zero attached hydrogens (tertiary/aromatic N) is 3. The summed E-state index contributed by atoms with van der Waals surface area (Å²) in [5, 5.41) is 1.64. The van der Waals surface area contributed by atoms with Crippen molar-refractivity contribution in [2.75, 3.05) is 0 Å². The van der Waals surface area contributed by atoms with Gasteiger partial charge in [-0.25, -0.2) is 10.0 Å². The fourth-order valence-electron chi connectivity index (χ4n) is 3.53. The largest absolute Gasteiger partial charge is 0.351 e. The van der Waals surface area contributed by atoms with Crippen molar-refractivity contribution in [2.45, 2.75) is 38.6 Å². The molecule has 28 heavy (non-hydrogen) atoms. The molecule has 5 nitrogen and oxygen atoms in total. The van der Waals surface area contributed by atoms with Crippen LogP contribution in [0.15, 0.2) is 52.5 Å². The second kappa shape index (κ2) is 7.51. The third-order valence-corrected chi connectivity index (χ3v) is 6.24. The Morgan fingerprint density at radius 2 is 1.96 bits per heavy atom. The van der Waals surface area contributed by atoms with Crippen LogP contribution in [0.2, 0.25) is 0 Å². The molecule has 2 unspecified atom stereocenters. The van der Waals surface area contributed by atoms with Gasteiger partial charge in [0, 0.05) is 24.9 Å². The van der Waals surface area contributed by atoms with E-state index in [-0.39, 0.29) is 17.3 Å². The van der Waals surface area contributed by atoms with Gasteiger partial charge >= 0.3 is 0 Å². The van der Waals surface area contributed by atoms with Crippen LogP contribution in [0.25, 0.3) is 6.08 Å². The minimum atomic E-state index is -0.225. The van der Waals surface area contributed by atoms with Gasteiger partial charge < -0.3 is 4.57 Å². The molecule has 2 aliphatic rings. The number of aliphatic imine (C=N–C) groups is 1. The average molecular weight is 395 g/mol. The molecule has 6 heteroatoms. The summed E-state index contributed by atoms with van der Waals surface area (Å²) in [6.45, 7) is 6.59. The van der Waals surface area contributed by atoms with Crippen LogP contribution in [0.3, 0.4) is 0 Å². The zero-order valence-electron chi connectivity index (χ0n) is 16.7. The van der Waals surface area contributed by atoms with Crippen LogP contribution in [-0.2, 0) is 18.3 Å². The molecule has 2 aromatic rings. The van der Waals surface area contributed by atoms with E-state index in [2.05, 4.69) is 50.5 Å². The summed E-state index contributed by atoms with van der Waals surface area (Å²) in [6.07, 6.45) is 4.99. The number of amidine groups is 1. The quantitative estimate of drug-likeness (QED) is 0.776. The van der Waals surface area contributed by atoms with Gasteiger partial charge in [-0.1, -0.05) is 56.8 Å². The smallest absolute Gasteiger partial charge is 0.281 e. The first-order valence-electron chi connectivity index (χ1n) is 9.69. The van der Waals surface area contributed by atoms with Gasteiger partial charge in [-0.15, -0.1) is 0 Å². The molecule has 1 N–H and O–H groups in total. The number of hydrogen-bond donors (Lipinski definition) is 1. The van der Waals surface area contributed by atoms with E-state index in [1.807, 2.05) is 36.0 Å². The molecule has 1 aromatic heterocycles. The maximum atomic E-state index is 12.8. The predicted molar refractivity (Wildman–Crippen MR) is 116 cm³/mol. The molecule has 4 rings (SSSR count). The molecule has 0 radical (unpaired) electrons. The maximum absolute atomic E-state index is 12.8. The van der Waals surface area contributed by atoms with Crippen molar-refractivity contribution in [1.29, 1.82) is 0 Å². The van der Waals surface area contributed by atoms with E-state index in [4.69, 9.17) is 4.99 Å². The first-order valence-corrected chi connectivity index (χ1v) is 10.6. The Hall–Kier alpha value is -2.47. The fraction of sp³-hybridized carbons (Fsp3) is 0.364. The molecule has 146 valence electrons. The second-order valence-electron chi connectivity index (χ2n) is 7.86. The van der Waals surface area contributed by atoms with E-state index < -0.39 is 0 Å². The molecule has 1 aromatic carbocycles. The molecule has 0 saturated carbocycles. The normalized spacial score (nSPS) is 21.2. The lowest BCUT2D eigenvalue weighted by Gasteiger charge is -2.17. The third kappa shape index (κ3) is 3.61. The SMILES string of the molecule is CC(C)Cc1ccc(C(C)C2=NC3S/C(=C/c4cccn4C)C(=O)N3N2)cc1. The molecule has 0 bridgehead atoms. The van der Waals surface area contributed by atoms with Crippen LogP contribution in [0, 0.1) is 5.92 Å². The van der Waals surface area contributed by atoms with Crippen LogP contribution < -0.4 is 5.43 Å². The van der Waals surface area contributed by atoms with Gasteiger partial charge in [-0.05, 0) is 41.7 Å². The second-order valence-corrected chi connectivity index (χ2v) is 8.96. The summed E-state index contributed by atoms with van der Waals surface area (Å²) in [5.74, 6) is 1.60. The van der Waals surface area contributed by atoms with Crippen LogP contribution in [-0.4, -0.2) is 26.8 Å². The number of benzene rings is 1. The molecule has 2 aliphatic heterocycles. The van der Waals surface area contributed by atoms with Gasteiger partial charge in [-0.3, -0.25) is 10.2 Å². The third-order valence-electron chi connectivity index (χ3n) is 5.16. The van der Waals surface area contributed by atoms with Crippen molar-refractivity contribution in [2.24, 2.45) is 18.0 Å². The summed E-state index contributed by atoms with van der Waals surface area (Å²) < 4.78 is 2.00. The monoisotopic (exact) mass is 394 g/mol. The first kappa shape index (κ1) is 18.9. The molecule has 1 amide bonds. The van der Waals surface area contributed by atoms with Crippen LogP contribution in [0.5, 0.6) is 0 Å². The van der Waals surface area contributed by atoms with Crippen molar-refractivity contribution < 1.29 is 4.79 Å². The lowest BCUT2D eigenvalue weighted by Crippen LogP contribution is -2.41. The van der Waals surface area contributed by atoms with E-state index in [0.29, 0.717) is 10.8 Å². The number of aromatic nitrogens is 1. The fourth-order valence-corrected chi connectivity index (χ4v) is 4.57. The highest BCUT2D eigenvalue weighted by Gasteiger charge is 2.42. The Kier molecular flexibility index (Phi) is 5.06. The van der Waals surface area contributed by atoms with Crippen molar-refractivity contribution >= 4 is 29.6 Å². The first-order chi connectivity index (χ1) is 13.4. The number of rotatable bonds is 5. The number of fused-ring (bicyclic) bond motifs is 1. The Bertz CT molecular complexity index is 942. The molecular formula is C22H26N4OS. The standard InChI is InChI=1S/C22H26N4OS/c1-14(2)12-16-7-9-17(10-8-16)15(3)20-23-22-26(24-20)21(27)19(28-22)13-18-6-5-11-25(18)4/h5-11,13-15,22H,12H2,1-4H3,(H,23,24)/b19-13+. The van der Waals surface area contributed by atoms with E-state index in [1.54, 1.807) is 5.01 Å². The number of carbonyl (C=O) groups excluding carboxylic acids is 1. The molecule has 3 heterocycles. The summed E-state index contributed by atoms with van der Waals surface area (Å²) in [5.41, 5.74) is 6.58. The van der Waals surface area contributed by atoms with Gasteiger partial charge in [0.2, 0.25) is 0 Å². The van der Waals surface area contributed by atoms with Crippen molar-refractivity contribution in [1.82, 2.24) is 15.0 Å². The number of thioether (sulfide) groups is 1. The van der Waals surface area contributed by atoms with E-state index in [9.17, 15) is 4.79 Å². The zero-order valence-corrected chi connectivity index (χ0v) is 17.5. The van der Waals surface area contributed by atoms with Gasteiger partial charge in [-0.2, -0.15) is 0 Å². The lowest BCUT2D eigenvalue weighted by atomic mass is 9.96. The number of amides is 1. The number of carbonyl (C=O) groups is 1. The van der Waals surface area contributed by atoms with E-state index in [1.165, 1.54) is 22.9 Å². The highest BCUT2D eigenvalue weighted by Crippen LogP contribution is 2.39. The van der Waals surface area contributed by atoms with Crippen molar-refractivity contribution in [3.8, 4) is 0 Å². The number of nitrogens with one attached hydrogen (secondary N) is 1. The molecule has 1 saturated heterocycles. The van der Waals surface area contributed by atoms with E-state index >= 15 is 0 Å². The maximum Gasteiger partial charge on any atom is 0.281 e.